The second-order valence-electron chi connectivity index (χ2n) is 5.15. The summed E-state index contributed by atoms with van der Waals surface area (Å²) < 4.78 is 5.01. The number of aromatic nitrogens is 1. The van der Waals surface area contributed by atoms with Crippen molar-refractivity contribution in [3.8, 4) is 0 Å². The SMILES string of the molecule is CCc1cccc(CC)c1NC(=O)COC(=O)c1ccc(Cl)nc1. The highest BCUT2D eigenvalue weighted by Gasteiger charge is 2.13. The standard InChI is InChI=1S/C18H19ClN2O3/c1-3-12-6-5-7-13(4-2)17(12)21-16(22)11-24-18(23)14-8-9-15(19)20-10-14/h5-10H,3-4,11H2,1-2H3,(H,21,22). The molecule has 0 radical (unpaired) electrons. The fourth-order valence-electron chi connectivity index (χ4n) is 2.29. The number of carbonyl (C=O) groups excluding carboxylic acids is 2. The van der Waals surface area contributed by atoms with Crippen LogP contribution in [0, 0.1) is 0 Å². The predicted molar refractivity (Wildman–Crippen MR) is 93.4 cm³/mol. The van der Waals surface area contributed by atoms with E-state index in [9.17, 15) is 9.59 Å². The molecule has 5 nitrogen and oxygen atoms in total. The molecule has 0 atom stereocenters. The lowest BCUT2D eigenvalue weighted by Crippen LogP contribution is -2.22. The van der Waals surface area contributed by atoms with Crippen LogP contribution in [-0.2, 0) is 22.4 Å². The van der Waals surface area contributed by atoms with Crippen LogP contribution in [0.4, 0.5) is 5.69 Å². The number of halogens is 1. The Morgan fingerprint density at radius 2 is 1.79 bits per heavy atom. The number of para-hydroxylation sites is 1. The summed E-state index contributed by atoms with van der Waals surface area (Å²) >= 11 is 5.66. The van der Waals surface area contributed by atoms with Crippen LogP contribution in [0.25, 0.3) is 0 Å². The van der Waals surface area contributed by atoms with Gasteiger partial charge >= 0.3 is 5.97 Å². The molecule has 2 aromatic rings. The molecule has 1 heterocycles. The minimum Gasteiger partial charge on any atom is -0.452 e. The summed E-state index contributed by atoms with van der Waals surface area (Å²) in [5.41, 5.74) is 3.15. The lowest BCUT2D eigenvalue weighted by molar-refractivity contribution is -0.119. The Balaban J connectivity index is 1.99. The molecule has 6 heteroatoms. The van der Waals surface area contributed by atoms with Crippen molar-refractivity contribution in [2.75, 3.05) is 11.9 Å². The van der Waals surface area contributed by atoms with Crippen molar-refractivity contribution in [1.29, 1.82) is 0 Å². The number of rotatable bonds is 6. The average Bonchev–Trinajstić information content (AvgIpc) is 2.60. The van der Waals surface area contributed by atoms with Crippen LogP contribution in [0.3, 0.4) is 0 Å². The number of amides is 1. The van der Waals surface area contributed by atoms with E-state index in [1.165, 1.54) is 18.3 Å². The van der Waals surface area contributed by atoms with Crippen molar-refractivity contribution >= 4 is 29.2 Å². The normalized spacial score (nSPS) is 10.3. The van der Waals surface area contributed by atoms with Crippen molar-refractivity contribution in [3.05, 3.63) is 58.4 Å². The number of benzene rings is 1. The van der Waals surface area contributed by atoms with E-state index in [4.69, 9.17) is 16.3 Å². The average molecular weight is 347 g/mol. The fourth-order valence-corrected chi connectivity index (χ4v) is 2.40. The molecule has 126 valence electrons. The van der Waals surface area contributed by atoms with Crippen LogP contribution in [-0.4, -0.2) is 23.5 Å². The molecule has 0 spiro atoms. The number of anilines is 1. The number of nitrogens with one attached hydrogen (secondary N) is 1. The first-order chi connectivity index (χ1) is 11.5. The van der Waals surface area contributed by atoms with Crippen LogP contribution in [0.5, 0.6) is 0 Å². The molecule has 0 fully saturated rings. The lowest BCUT2D eigenvalue weighted by Gasteiger charge is -2.14. The maximum absolute atomic E-state index is 12.1. The summed E-state index contributed by atoms with van der Waals surface area (Å²) in [6, 6.07) is 8.90. The quantitative estimate of drug-likeness (QED) is 0.640. The third kappa shape index (κ3) is 4.55. The zero-order valence-corrected chi connectivity index (χ0v) is 14.4. The maximum Gasteiger partial charge on any atom is 0.340 e. The van der Waals surface area contributed by atoms with Gasteiger partial charge in [0.1, 0.15) is 5.15 Å². The Bertz CT molecular complexity index is 707. The number of pyridine rings is 1. The van der Waals surface area contributed by atoms with Crippen molar-refractivity contribution in [1.82, 2.24) is 4.98 Å². The van der Waals surface area contributed by atoms with Crippen LogP contribution in [0.2, 0.25) is 5.15 Å². The topological polar surface area (TPSA) is 68.3 Å². The lowest BCUT2D eigenvalue weighted by atomic mass is 10.0. The van der Waals surface area contributed by atoms with Crippen molar-refractivity contribution in [2.24, 2.45) is 0 Å². The molecule has 0 aliphatic carbocycles. The van der Waals surface area contributed by atoms with E-state index >= 15 is 0 Å². The highest BCUT2D eigenvalue weighted by molar-refractivity contribution is 6.29. The summed E-state index contributed by atoms with van der Waals surface area (Å²) in [5, 5.41) is 3.13. The van der Waals surface area contributed by atoms with Crippen LogP contribution >= 0.6 is 11.6 Å². The molecule has 0 saturated carbocycles. The van der Waals surface area contributed by atoms with Gasteiger partial charge in [0.2, 0.25) is 0 Å². The molecule has 0 unspecified atom stereocenters. The van der Waals surface area contributed by atoms with E-state index in [-0.39, 0.29) is 23.2 Å². The highest BCUT2D eigenvalue weighted by Crippen LogP contribution is 2.22. The number of carbonyl (C=O) groups is 2. The number of hydrogen-bond donors (Lipinski definition) is 1. The van der Waals surface area contributed by atoms with E-state index in [2.05, 4.69) is 10.3 Å². The van der Waals surface area contributed by atoms with Gasteiger partial charge in [0.15, 0.2) is 6.61 Å². The first-order valence-electron chi connectivity index (χ1n) is 7.74. The summed E-state index contributed by atoms with van der Waals surface area (Å²) in [5.74, 6) is -0.991. The molecular formula is C18H19ClN2O3. The molecule has 2 rings (SSSR count). The predicted octanol–water partition coefficient (Wildman–Crippen LogP) is 3.66. The molecule has 1 aromatic carbocycles. The molecule has 0 saturated heterocycles. The molecule has 1 N–H and O–H groups in total. The summed E-state index contributed by atoms with van der Waals surface area (Å²) in [7, 11) is 0. The van der Waals surface area contributed by atoms with Gasteiger partial charge in [-0.25, -0.2) is 9.78 Å². The van der Waals surface area contributed by atoms with Gasteiger partial charge in [0.25, 0.3) is 5.91 Å². The van der Waals surface area contributed by atoms with Crippen molar-refractivity contribution in [3.63, 3.8) is 0 Å². The number of ether oxygens (including phenoxy) is 1. The molecule has 0 aliphatic heterocycles. The van der Waals surface area contributed by atoms with Crippen molar-refractivity contribution < 1.29 is 14.3 Å². The number of aryl methyl sites for hydroxylation is 2. The molecule has 1 aromatic heterocycles. The Morgan fingerprint density at radius 1 is 1.12 bits per heavy atom. The third-order valence-corrected chi connectivity index (χ3v) is 3.78. The number of esters is 1. The first kappa shape index (κ1) is 17.9. The van der Waals surface area contributed by atoms with Gasteiger partial charge in [-0.1, -0.05) is 43.6 Å². The van der Waals surface area contributed by atoms with E-state index in [1.807, 2.05) is 32.0 Å². The second kappa shape index (κ2) is 8.45. The van der Waals surface area contributed by atoms with Gasteiger partial charge in [-0.3, -0.25) is 4.79 Å². The zero-order chi connectivity index (χ0) is 17.5. The van der Waals surface area contributed by atoms with Gasteiger partial charge in [-0.15, -0.1) is 0 Å². The molecule has 24 heavy (non-hydrogen) atoms. The smallest absolute Gasteiger partial charge is 0.340 e. The minimum atomic E-state index is -0.617. The van der Waals surface area contributed by atoms with E-state index in [0.29, 0.717) is 0 Å². The Hall–Kier alpha value is -2.40. The zero-order valence-electron chi connectivity index (χ0n) is 13.6. The molecule has 1 amide bonds. The second-order valence-corrected chi connectivity index (χ2v) is 5.54. The number of hydrogen-bond acceptors (Lipinski definition) is 4. The van der Waals surface area contributed by atoms with Gasteiger partial charge in [0.05, 0.1) is 5.56 Å². The Morgan fingerprint density at radius 3 is 2.33 bits per heavy atom. The van der Waals surface area contributed by atoms with Crippen LogP contribution < -0.4 is 5.32 Å². The monoisotopic (exact) mass is 346 g/mol. The van der Waals surface area contributed by atoms with Crippen LogP contribution in [0.15, 0.2) is 36.5 Å². The maximum atomic E-state index is 12.1. The van der Waals surface area contributed by atoms with Crippen molar-refractivity contribution in [2.45, 2.75) is 26.7 Å². The fraction of sp³-hybridized carbons (Fsp3) is 0.278. The molecule has 0 bridgehead atoms. The van der Waals surface area contributed by atoms with E-state index in [1.54, 1.807) is 0 Å². The Kier molecular flexibility index (Phi) is 6.32. The van der Waals surface area contributed by atoms with Crippen LogP contribution in [0.1, 0.15) is 35.3 Å². The Labute approximate surface area is 146 Å². The summed E-state index contributed by atoms with van der Waals surface area (Å²) in [4.78, 5) is 27.8. The third-order valence-electron chi connectivity index (χ3n) is 3.56. The van der Waals surface area contributed by atoms with Gasteiger partial charge in [0, 0.05) is 11.9 Å². The summed E-state index contributed by atoms with van der Waals surface area (Å²) in [6.45, 7) is 3.69. The van der Waals surface area contributed by atoms with Gasteiger partial charge in [-0.05, 0) is 36.1 Å². The summed E-state index contributed by atoms with van der Waals surface area (Å²) in [6.07, 6.45) is 2.92. The van der Waals surface area contributed by atoms with E-state index < -0.39 is 5.97 Å². The van der Waals surface area contributed by atoms with Gasteiger partial charge < -0.3 is 10.1 Å². The highest BCUT2D eigenvalue weighted by atomic mass is 35.5. The number of nitrogens with zero attached hydrogens (tertiary/aromatic N) is 1. The van der Waals surface area contributed by atoms with Gasteiger partial charge in [-0.2, -0.15) is 0 Å². The molecule has 0 aliphatic rings. The first-order valence-corrected chi connectivity index (χ1v) is 8.12. The minimum absolute atomic E-state index is 0.246. The molecular weight excluding hydrogens is 328 g/mol. The van der Waals surface area contributed by atoms with E-state index in [0.717, 1.165) is 29.7 Å². The largest absolute Gasteiger partial charge is 0.452 e.